The minimum atomic E-state index is -1.19. The number of carbonyl (C=O) groups excluding carboxylic acids is 4. The number of hydrogen-bond donors (Lipinski definition) is 2. The number of thiophene rings is 1. The molecule has 4 aliphatic rings. The molecule has 3 amide bonds. The molecular weight excluding hydrogens is 624 g/mol. The highest BCUT2D eigenvalue weighted by molar-refractivity contribution is 7.17. The first-order valence-corrected chi connectivity index (χ1v) is 17.2. The number of fused-ring (bicyclic) bond motifs is 3. The number of rotatable bonds is 7. The lowest BCUT2D eigenvalue weighted by Crippen LogP contribution is -2.56. The van der Waals surface area contributed by atoms with Gasteiger partial charge in [0.25, 0.3) is 5.89 Å². The highest BCUT2D eigenvalue weighted by Crippen LogP contribution is 2.46. The highest BCUT2D eigenvalue weighted by Gasteiger charge is 2.62. The fourth-order valence-corrected chi connectivity index (χ4v) is 7.42. The second kappa shape index (κ2) is 13.1. The van der Waals surface area contributed by atoms with Crippen molar-refractivity contribution in [2.75, 3.05) is 13.7 Å². The largest absolute Gasteiger partial charge is 0.471 e. The van der Waals surface area contributed by atoms with Gasteiger partial charge in [0.05, 0.1) is 25.4 Å². The fourth-order valence-electron chi connectivity index (χ4n) is 6.66. The van der Waals surface area contributed by atoms with Gasteiger partial charge in [-0.1, -0.05) is 25.0 Å². The first-order chi connectivity index (χ1) is 22.8. The van der Waals surface area contributed by atoms with Gasteiger partial charge in [-0.15, -0.1) is 11.3 Å². The normalized spacial score (nSPS) is 28.1. The van der Waals surface area contributed by atoms with Crippen molar-refractivity contribution >= 4 is 45.2 Å². The summed E-state index contributed by atoms with van der Waals surface area (Å²) in [5, 5.41) is 7.83. The topological polar surface area (TPSA) is 166 Å². The fraction of sp³-hybridized carbons (Fsp3) is 0.545. The quantitative estimate of drug-likeness (QED) is 0.282. The molecule has 0 radical (unpaired) electrons. The smallest absolute Gasteiger partial charge is 0.332 e. The second-order valence-electron chi connectivity index (χ2n) is 12.9. The summed E-state index contributed by atoms with van der Waals surface area (Å²) in [6, 6.07) is 0.121. The molecule has 0 spiro atoms. The number of methoxy groups -OCH3 is 1. The third-order valence-electron chi connectivity index (χ3n) is 9.47. The number of esters is 1. The maximum absolute atomic E-state index is 14.3. The number of carbonyl (C=O) groups is 4. The van der Waals surface area contributed by atoms with Crippen LogP contribution in [0.15, 0.2) is 40.5 Å². The van der Waals surface area contributed by atoms with Crippen molar-refractivity contribution in [3.05, 3.63) is 36.1 Å². The summed E-state index contributed by atoms with van der Waals surface area (Å²) in [7, 11) is 1.31. The Morgan fingerprint density at radius 2 is 2.06 bits per heavy atom. The van der Waals surface area contributed by atoms with Gasteiger partial charge in [0.2, 0.25) is 29.4 Å². The van der Waals surface area contributed by atoms with Crippen molar-refractivity contribution in [1.29, 1.82) is 0 Å². The Balaban J connectivity index is 1.19. The summed E-state index contributed by atoms with van der Waals surface area (Å²) < 4.78 is 17.7. The van der Waals surface area contributed by atoms with Crippen molar-refractivity contribution < 1.29 is 33.1 Å². The Hall–Kier alpha value is -4.33. The molecule has 5 atom stereocenters. The van der Waals surface area contributed by atoms with Gasteiger partial charge in [-0.25, -0.2) is 14.8 Å². The maximum Gasteiger partial charge on any atom is 0.332 e. The Morgan fingerprint density at radius 3 is 2.85 bits per heavy atom. The van der Waals surface area contributed by atoms with Crippen LogP contribution in [0.2, 0.25) is 0 Å². The van der Waals surface area contributed by atoms with E-state index in [2.05, 4.69) is 25.6 Å². The van der Waals surface area contributed by atoms with Crippen molar-refractivity contribution in [2.45, 2.75) is 87.9 Å². The lowest BCUT2D eigenvalue weighted by molar-refractivity contribution is -0.148. The van der Waals surface area contributed by atoms with Gasteiger partial charge < -0.3 is 29.4 Å². The van der Waals surface area contributed by atoms with Crippen LogP contribution >= 0.6 is 11.3 Å². The first kappa shape index (κ1) is 31.3. The van der Waals surface area contributed by atoms with Crippen LogP contribution in [0.25, 0.3) is 21.9 Å². The van der Waals surface area contributed by atoms with Crippen molar-refractivity contribution in [3.8, 4) is 17.6 Å². The van der Waals surface area contributed by atoms with Gasteiger partial charge >= 0.3 is 5.97 Å². The molecular formula is C33H38N6O7S. The predicted octanol–water partition coefficient (Wildman–Crippen LogP) is 3.55. The number of amides is 3. The van der Waals surface area contributed by atoms with E-state index in [1.807, 2.05) is 23.6 Å². The minimum absolute atomic E-state index is 0.0890. The third-order valence-corrected chi connectivity index (χ3v) is 10.4. The van der Waals surface area contributed by atoms with E-state index in [0.717, 1.165) is 38.5 Å². The van der Waals surface area contributed by atoms with E-state index in [9.17, 15) is 19.2 Å². The minimum Gasteiger partial charge on any atom is -0.471 e. The zero-order chi connectivity index (χ0) is 32.5. The molecule has 1 saturated heterocycles. The summed E-state index contributed by atoms with van der Waals surface area (Å²) in [5.74, 6) is -0.503. The van der Waals surface area contributed by atoms with Gasteiger partial charge in [0.1, 0.15) is 34.7 Å². The number of oxazole rings is 1. The Kier molecular flexibility index (Phi) is 8.69. The number of hydrogen-bond acceptors (Lipinski definition) is 11. The van der Waals surface area contributed by atoms with Crippen LogP contribution in [0.4, 0.5) is 0 Å². The van der Waals surface area contributed by atoms with Crippen molar-refractivity contribution in [2.24, 2.45) is 11.8 Å². The monoisotopic (exact) mass is 662 g/mol. The molecule has 0 bridgehead atoms. The summed E-state index contributed by atoms with van der Waals surface area (Å²) in [6.45, 7) is 0.0890. The predicted molar refractivity (Wildman–Crippen MR) is 170 cm³/mol. The number of aromatic nitrogens is 3. The summed E-state index contributed by atoms with van der Waals surface area (Å²) >= 11 is 1.41. The van der Waals surface area contributed by atoms with E-state index in [1.165, 1.54) is 35.8 Å². The molecule has 2 aliphatic heterocycles. The second-order valence-corrected chi connectivity index (χ2v) is 13.8. The summed E-state index contributed by atoms with van der Waals surface area (Å²) in [6.07, 6.45) is 13.2. The molecule has 13 nitrogen and oxygen atoms in total. The Labute approximate surface area is 275 Å². The van der Waals surface area contributed by atoms with Crippen LogP contribution in [0.3, 0.4) is 0 Å². The molecule has 14 heteroatoms. The van der Waals surface area contributed by atoms with E-state index in [0.29, 0.717) is 41.3 Å². The van der Waals surface area contributed by atoms with Crippen LogP contribution in [0.1, 0.15) is 64.2 Å². The van der Waals surface area contributed by atoms with Crippen LogP contribution < -0.4 is 15.4 Å². The van der Waals surface area contributed by atoms with Crippen LogP contribution in [-0.4, -0.2) is 80.9 Å². The highest BCUT2D eigenvalue weighted by atomic mass is 32.1. The standard InChI is InChI=1S/C33H38N6O7S/c1-44-32(43)33-17-20(33)7-5-3-2-4-6-8-23(35-25(40)15-19-9-10-19)31(42)39-18-21(16-24(39)28(41)38-33)46-29-26-22(11-14-47-26)36-27(37-29)30-34-12-13-45-30/h5,7,11-14,19-21,23-24H,2-4,6,8-10,15-18H2,1H3,(H,35,40)(H,38,41)/t20-,21-,23+,24+,33-/m1/s1. The summed E-state index contributed by atoms with van der Waals surface area (Å²) in [5.41, 5.74) is -0.532. The molecule has 248 valence electrons. The molecule has 2 aliphatic carbocycles. The van der Waals surface area contributed by atoms with E-state index >= 15 is 0 Å². The van der Waals surface area contributed by atoms with E-state index in [1.54, 1.807) is 0 Å². The Bertz CT molecular complexity index is 1690. The molecule has 7 rings (SSSR count). The van der Waals surface area contributed by atoms with E-state index in [4.69, 9.17) is 13.9 Å². The van der Waals surface area contributed by atoms with Gasteiger partial charge in [0.15, 0.2) is 0 Å². The molecule has 3 fully saturated rings. The molecule has 2 N–H and O–H groups in total. The van der Waals surface area contributed by atoms with E-state index < -0.39 is 35.6 Å². The van der Waals surface area contributed by atoms with Gasteiger partial charge in [0, 0.05) is 18.8 Å². The number of nitrogens with zero attached hydrogens (tertiary/aromatic N) is 4. The molecule has 3 aromatic heterocycles. The SMILES string of the molecule is COC(=O)[C@@]12C[C@H]1C=CCCCCC[C@H](NC(=O)CC1CC1)C(=O)N1C[C@H](Oc3nc(-c4ncco4)nc4ccsc34)C[C@H]1C(=O)N2. The van der Waals surface area contributed by atoms with Gasteiger partial charge in [-0.2, -0.15) is 4.98 Å². The van der Waals surface area contributed by atoms with Crippen molar-refractivity contribution in [3.63, 3.8) is 0 Å². The average Bonchev–Trinajstić information content (AvgIpc) is 3.72. The number of ether oxygens (including phenoxy) is 2. The van der Waals surface area contributed by atoms with Crippen LogP contribution in [-0.2, 0) is 23.9 Å². The van der Waals surface area contributed by atoms with E-state index in [-0.39, 0.29) is 42.4 Å². The zero-order valence-electron chi connectivity index (χ0n) is 26.2. The molecule has 5 heterocycles. The number of nitrogens with one attached hydrogen (secondary N) is 2. The molecule has 0 aromatic carbocycles. The lowest BCUT2D eigenvalue weighted by atomic mass is 10.0. The van der Waals surface area contributed by atoms with Crippen molar-refractivity contribution in [1.82, 2.24) is 30.5 Å². The molecule has 0 unspecified atom stereocenters. The van der Waals surface area contributed by atoms with Gasteiger partial charge in [-0.3, -0.25) is 14.4 Å². The molecule has 47 heavy (non-hydrogen) atoms. The zero-order valence-corrected chi connectivity index (χ0v) is 27.0. The summed E-state index contributed by atoms with van der Waals surface area (Å²) in [4.78, 5) is 69.1. The molecule has 2 saturated carbocycles. The van der Waals surface area contributed by atoms with Gasteiger partial charge in [-0.05, 0) is 55.9 Å². The third kappa shape index (κ3) is 6.60. The first-order valence-electron chi connectivity index (χ1n) is 16.3. The molecule has 3 aromatic rings. The number of allylic oxidation sites excluding steroid dienone is 1. The van der Waals surface area contributed by atoms with Crippen LogP contribution in [0.5, 0.6) is 5.88 Å². The van der Waals surface area contributed by atoms with Crippen LogP contribution in [0, 0.1) is 11.8 Å². The Morgan fingerprint density at radius 1 is 1.19 bits per heavy atom. The average molecular weight is 663 g/mol. The lowest BCUT2D eigenvalue weighted by Gasteiger charge is -2.29. The maximum atomic E-state index is 14.3.